The minimum Gasteiger partial charge on any atom is -0.354 e. The number of likely N-dealkylation sites (tertiary alicyclic amines) is 1. The van der Waals surface area contributed by atoms with Crippen molar-refractivity contribution < 1.29 is 9.59 Å². The van der Waals surface area contributed by atoms with Gasteiger partial charge in [0.05, 0.1) is 17.1 Å². The van der Waals surface area contributed by atoms with Crippen molar-refractivity contribution >= 4 is 29.2 Å². The Morgan fingerprint density at radius 1 is 1.00 bits per heavy atom. The molecule has 1 aromatic rings. The highest BCUT2D eigenvalue weighted by atomic mass is 35.5. The molecule has 2 saturated heterocycles. The molecule has 0 radical (unpaired) electrons. The summed E-state index contributed by atoms with van der Waals surface area (Å²) in [6.45, 7) is 10.9. The quantitative estimate of drug-likeness (QED) is 0.687. The van der Waals surface area contributed by atoms with Gasteiger partial charge in [-0.1, -0.05) is 11.6 Å². The Morgan fingerprint density at radius 2 is 1.73 bits per heavy atom. The summed E-state index contributed by atoms with van der Waals surface area (Å²) in [5.74, 6) is 0.932. The highest BCUT2D eigenvalue weighted by Gasteiger charge is 2.23. The number of anilines is 1. The number of likely N-dealkylation sites (N-methyl/N-ethyl adjacent to an activating group) is 1. The smallest absolute Gasteiger partial charge is 0.255 e. The summed E-state index contributed by atoms with van der Waals surface area (Å²) < 4.78 is 0. The summed E-state index contributed by atoms with van der Waals surface area (Å²) in [5.41, 5.74) is 0.562. The Labute approximate surface area is 185 Å². The van der Waals surface area contributed by atoms with Gasteiger partial charge in [0.25, 0.3) is 5.91 Å². The summed E-state index contributed by atoms with van der Waals surface area (Å²) >= 11 is 6.55. The van der Waals surface area contributed by atoms with Crippen LogP contribution in [0.1, 0.15) is 49.9 Å². The molecule has 0 saturated carbocycles. The predicted octanol–water partition coefficient (Wildman–Crippen LogP) is 2.74. The van der Waals surface area contributed by atoms with Crippen molar-refractivity contribution in [2.75, 3.05) is 63.8 Å². The van der Waals surface area contributed by atoms with Gasteiger partial charge in [-0.2, -0.15) is 0 Å². The SMILES string of the molecule is CCN(CC)C(=O)CN1CCCN(c2ncc(C(=O)N3CCCCC3)cc2Cl)CC1. The molecule has 7 nitrogen and oxygen atoms in total. The maximum Gasteiger partial charge on any atom is 0.255 e. The second kappa shape index (κ2) is 11.0. The zero-order valence-corrected chi connectivity index (χ0v) is 19.0. The number of carbonyl (C=O) groups is 2. The van der Waals surface area contributed by atoms with Gasteiger partial charge in [-0.3, -0.25) is 14.5 Å². The minimum atomic E-state index is 0.0209. The normalized spacial score (nSPS) is 18.2. The second-order valence-electron chi connectivity index (χ2n) is 8.07. The van der Waals surface area contributed by atoms with E-state index in [4.69, 9.17) is 11.6 Å². The number of nitrogens with zero attached hydrogens (tertiary/aromatic N) is 5. The van der Waals surface area contributed by atoms with Crippen LogP contribution >= 0.6 is 11.6 Å². The highest BCUT2D eigenvalue weighted by Crippen LogP contribution is 2.26. The van der Waals surface area contributed by atoms with Crippen LogP contribution in [0.2, 0.25) is 5.02 Å². The van der Waals surface area contributed by atoms with Crippen LogP contribution in [-0.2, 0) is 4.79 Å². The number of hydrogen-bond acceptors (Lipinski definition) is 5. The molecule has 166 valence electrons. The van der Waals surface area contributed by atoms with E-state index in [1.54, 1.807) is 12.3 Å². The van der Waals surface area contributed by atoms with Crippen molar-refractivity contribution in [2.45, 2.75) is 39.5 Å². The Morgan fingerprint density at radius 3 is 2.40 bits per heavy atom. The fourth-order valence-corrected chi connectivity index (χ4v) is 4.55. The van der Waals surface area contributed by atoms with Gasteiger partial charge in [0, 0.05) is 58.6 Å². The van der Waals surface area contributed by atoms with Gasteiger partial charge in [0.2, 0.25) is 5.91 Å². The molecule has 3 heterocycles. The Bertz CT molecular complexity index is 734. The van der Waals surface area contributed by atoms with E-state index < -0.39 is 0 Å². The zero-order valence-electron chi connectivity index (χ0n) is 18.3. The molecule has 2 amide bonds. The van der Waals surface area contributed by atoms with Crippen LogP contribution in [0.3, 0.4) is 0 Å². The van der Waals surface area contributed by atoms with E-state index in [1.165, 1.54) is 6.42 Å². The average Bonchev–Trinajstić information content (AvgIpc) is 3.00. The third-order valence-corrected chi connectivity index (χ3v) is 6.35. The first-order valence-corrected chi connectivity index (χ1v) is 11.6. The summed E-state index contributed by atoms with van der Waals surface area (Å²) in [5, 5.41) is 0.519. The lowest BCUT2D eigenvalue weighted by Crippen LogP contribution is -2.41. The lowest BCUT2D eigenvalue weighted by Gasteiger charge is -2.27. The number of amides is 2. The molecule has 0 N–H and O–H groups in total. The monoisotopic (exact) mass is 435 g/mol. The van der Waals surface area contributed by atoms with Gasteiger partial charge in [-0.15, -0.1) is 0 Å². The van der Waals surface area contributed by atoms with Crippen molar-refractivity contribution in [1.29, 1.82) is 0 Å². The number of carbonyl (C=O) groups excluding carboxylic acids is 2. The van der Waals surface area contributed by atoms with Crippen LogP contribution in [0.25, 0.3) is 0 Å². The molecule has 8 heteroatoms. The van der Waals surface area contributed by atoms with E-state index in [0.29, 0.717) is 17.1 Å². The Hall–Kier alpha value is -1.86. The summed E-state index contributed by atoms with van der Waals surface area (Å²) in [6.07, 6.45) is 5.91. The maximum atomic E-state index is 12.7. The van der Waals surface area contributed by atoms with Crippen molar-refractivity contribution in [3.05, 3.63) is 22.8 Å². The first-order valence-electron chi connectivity index (χ1n) is 11.2. The maximum absolute atomic E-state index is 12.7. The second-order valence-corrected chi connectivity index (χ2v) is 8.47. The molecule has 0 bridgehead atoms. The number of aromatic nitrogens is 1. The van der Waals surface area contributed by atoms with E-state index in [-0.39, 0.29) is 11.8 Å². The summed E-state index contributed by atoms with van der Waals surface area (Å²) in [6, 6.07) is 1.76. The van der Waals surface area contributed by atoms with Gasteiger partial charge in [0.1, 0.15) is 5.82 Å². The number of halogens is 1. The average molecular weight is 436 g/mol. The van der Waals surface area contributed by atoms with Crippen LogP contribution < -0.4 is 4.90 Å². The molecule has 30 heavy (non-hydrogen) atoms. The van der Waals surface area contributed by atoms with Crippen LogP contribution in [-0.4, -0.2) is 90.4 Å². The van der Waals surface area contributed by atoms with Gasteiger partial charge in [0.15, 0.2) is 0 Å². The van der Waals surface area contributed by atoms with Crippen molar-refractivity contribution in [3.63, 3.8) is 0 Å². The van der Waals surface area contributed by atoms with Crippen LogP contribution in [0.4, 0.5) is 5.82 Å². The number of piperidine rings is 1. The molecule has 0 atom stereocenters. The molecular weight excluding hydrogens is 402 g/mol. The molecule has 0 aliphatic carbocycles. The first kappa shape index (κ1) is 22.8. The van der Waals surface area contributed by atoms with E-state index >= 15 is 0 Å². The van der Waals surface area contributed by atoms with Crippen LogP contribution in [0, 0.1) is 0 Å². The number of rotatable bonds is 6. The molecule has 2 fully saturated rings. The molecule has 1 aromatic heterocycles. The zero-order chi connectivity index (χ0) is 21.5. The van der Waals surface area contributed by atoms with Crippen LogP contribution in [0.15, 0.2) is 12.3 Å². The molecule has 0 aromatic carbocycles. The molecule has 2 aliphatic rings. The molecule has 3 rings (SSSR count). The molecule has 2 aliphatic heterocycles. The molecule has 0 spiro atoms. The first-order chi connectivity index (χ1) is 14.5. The van der Waals surface area contributed by atoms with Gasteiger partial charge in [-0.05, 0) is 45.6 Å². The number of hydrogen-bond donors (Lipinski definition) is 0. The van der Waals surface area contributed by atoms with Crippen molar-refractivity contribution in [1.82, 2.24) is 19.7 Å². The summed E-state index contributed by atoms with van der Waals surface area (Å²) in [7, 11) is 0. The fourth-order valence-electron chi connectivity index (χ4n) is 4.27. The third-order valence-electron chi connectivity index (χ3n) is 6.08. The Balaban J connectivity index is 1.61. The van der Waals surface area contributed by atoms with E-state index in [1.807, 2.05) is 23.6 Å². The van der Waals surface area contributed by atoms with Gasteiger partial charge >= 0.3 is 0 Å². The lowest BCUT2D eigenvalue weighted by atomic mass is 10.1. The van der Waals surface area contributed by atoms with Crippen molar-refractivity contribution in [2.24, 2.45) is 0 Å². The Kier molecular flexibility index (Phi) is 8.33. The summed E-state index contributed by atoms with van der Waals surface area (Å²) in [4.78, 5) is 37.8. The predicted molar refractivity (Wildman–Crippen MR) is 120 cm³/mol. The molecular formula is C22H34ClN5O2. The molecule has 0 unspecified atom stereocenters. The fraction of sp³-hybridized carbons (Fsp3) is 0.682. The van der Waals surface area contributed by atoms with Crippen molar-refractivity contribution in [3.8, 4) is 0 Å². The third kappa shape index (κ3) is 5.64. The topological polar surface area (TPSA) is 60.0 Å². The van der Waals surface area contributed by atoms with E-state index in [2.05, 4.69) is 14.8 Å². The lowest BCUT2D eigenvalue weighted by molar-refractivity contribution is -0.132. The van der Waals surface area contributed by atoms with Gasteiger partial charge in [-0.25, -0.2) is 4.98 Å². The van der Waals surface area contributed by atoms with Crippen LogP contribution in [0.5, 0.6) is 0 Å². The number of pyridine rings is 1. The standard InChI is InChI=1S/C22H34ClN5O2/c1-3-26(4-2)20(29)17-25-9-8-12-27(14-13-25)21-19(23)15-18(16-24-21)22(30)28-10-6-5-7-11-28/h15-16H,3-14,17H2,1-2H3. The van der Waals surface area contributed by atoms with Gasteiger partial charge < -0.3 is 14.7 Å². The van der Waals surface area contributed by atoms with E-state index in [9.17, 15) is 9.59 Å². The highest BCUT2D eigenvalue weighted by molar-refractivity contribution is 6.33. The minimum absolute atomic E-state index is 0.0209. The van der Waals surface area contributed by atoms with E-state index in [0.717, 1.165) is 77.4 Å². The largest absolute Gasteiger partial charge is 0.354 e.